The molecule has 3 rings (SSSR count). The first-order valence-corrected chi connectivity index (χ1v) is 6.59. The molecule has 1 amide bonds. The molecule has 100 valence electrons. The molecule has 1 aliphatic heterocycles. The molecule has 0 saturated carbocycles. The van der Waals surface area contributed by atoms with Crippen molar-refractivity contribution in [3.05, 3.63) is 64.7 Å². The maximum absolute atomic E-state index is 12.2. The van der Waals surface area contributed by atoms with E-state index in [1.807, 2.05) is 36.4 Å². The standard InChI is InChI=1S/C16H12ClNO2/c17-13-5-3-4-11(9-13)8-12-10-20-15-7-2-1-6-14(15)18-16(12)19/h1-9H,10H2,(H,18,19)/b12-8+. The molecule has 2 aromatic rings. The number of hydrogen-bond acceptors (Lipinski definition) is 2. The van der Waals surface area contributed by atoms with Crippen LogP contribution in [0.4, 0.5) is 5.69 Å². The monoisotopic (exact) mass is 285 g/mol. The molecule has 0 saturated heterocycles. The van der Waals surface area contributed by atoms with Crippen LogP contribution in [0, 0.1) is 0 Å². The summed E-state index contributed by atoms with van der Waals surface area (Å²) in [7, 11) is 0. The third-order valence-corrected chi connectivity index (χ3v) is 3.23. The second-order valence-electron chi connectivity index (χ2n) is 4.46. The van der Waals surface area contributed by atoms with E-state index in [1.54, 1.807) is 18.2 Å². The third kappa shape index (κ3) is 2.68. The first-order valence-electron chi connectivity index (χ1n) is 6.22. The topological polar surface area (TPSA) is 38.3 Å². The molecule has 0 spiro atoms. The van der Waals surface area contributed by atoms with Gasteiger partial charge < -0.3 is 10.1 Å². The van der Waals surface area contributed by atoms with Gasteiger partial charge in [0, 0.05) is 5.02 Å². The van der Waals surface area contributed by atoms with Gasteiger partial charge in [0.05, 0.1) is 11.3 Å². The Morgan fingerprint density at radius 2 is 2.00 bits per heavy atom. The van der Waals surface area contributed by atoms with Gasteiger partial charge in [-0.2, -0.15) is 0 Å². The number of carbonyl (C=O) groups is 1. The first-order chi connectivity index (χ1) is 9.72. The lowest BCUT2D eigenvalue weighted by Crippen LogP contribution is -2.15. The zero-order valence-electron chi connectivity index (χ0n) is 10.6. The first kappa shape index (κ1) is 12.8. The van der Waals surface area contributed by atoms with Gasteiger partial charge in [0.25, 0.3) is 5.91 Å². The minimum absolute atomic E-state index is 0.157. The van der Waals surface area contributed by atoms with E-state index < -0.39 is 0 Å². The Kier molecular flexibility index (Phi) is 3.44. The highest BCUT2D eigenvalue weighted by molar-refractivity contribution is 6.30. The number of carbonyl (C=O) groups excluding carboxylic acids is 1. The number of amides is 1. The van der Waals surface area contributed by atoms with E-state index in [0.29, 0.717) is 22.0 Å². The highest BCUT2D eigenvalue weighted by atomic mass is 35.5. The summed E-state index contributed by atoms with van der Waals surface area (Å²) >= 11 is 5.94. The summed E-state index contributed by atoms with van der Waals surface area (Å²) in [4.78, 5) is 12.2. The summed E-state index contributed by atoms with van der Waals surface area (Å²) in [6, 6.07) is 14.7. The number of halogens is 1. The molecule has 1 N–H and O–H groups in total. The van der Waals surface area contributed by atoms with Crippen LogP contribution in [0.1, 0.15) is 5.56 Å². The van der Waals surface area contributed by atoms with Crippen LogP contribution in [0.3, 0.4) is 0 Å². The zero-order chi connectivity index (χ0) is 13.9. The van der Waals surface area contributed by atoms with Gasteiger partial charge >= 0.3 is 0 Å². The van der Waals surface area contributed by atoms with Gasteiger partial charge in [-0.1, -0.05) is 35.9 Å². The molecule has 0 fully saturated rings. The summed E-state index contributed by atoms with van der Waals surface area (Å²) in [6.07, 6.45) is 1.78. The van der Waals surface area contributed by atoms with Crippen molar-refractivity contribution in [2.45, 2.75) is 0 Å². The Labute approximate surface area is 121 Å². The van der Waals surface area contributed by atoms with Crippen LogP contribution >= 0.6 is 11.6 Å². The van der Waals surface area contributed by atoms with Crippen molar-refractivity contribution in [2.24, 2.45) is 0 Å². The van der Waals surface area contributed by atoms with Crippen LogP contribution < -0.4 is 10.1 Å². The van der Waals surface area contributed by atoms with Gasteiger partial charge in [0.15, 0.2) is 0 Å². The quantitative estimate of drug-likeness (QED) is 0.810. The Bertz CT molecular complexity index is 694. The van der Waals surface area contributed by atoms with Crippen molar-refractivity contribution in [1.82, 2.24) is 0 Å². The summed E-state index contributed by atoms with van der Waals surface area (Å²) in [5.41, 5.74) is 2.12. The highest BCUT2D eigenvalue weighted by Gasteiger charge is 2.17. The molecular weight excluding hydrogens is 274 g/mol. The second-order valence-corrected chi connectivity index (χ2v) is 4.90. The molecule has 20 heavy (non-hydrogen) atoms. The predicted molar refractivity (Wildman–Crippen MR) is 80.0 cm³/mol. The van der Waals surface area contributed by atoms with E-state index >= 15 is 0 Å². The molecule has 3 nitrogen and oxygen atoms in total. The minimum atomic E-state index is -0.157. The molecule has 0 bridgehead atoms. The number of benzene rings is 2. The average molecular weight is 286 g/mol. The molecule has 1 aliphatic rings. The maximum Gasteiger partial charge on any atom is 0.255 e. The molecular formula is C16H12ClNO2. The normalized spacial score (nSPS) is 16.1. The van der Waals surface area contributed by atoms with Crippen molar-refractivity contribution in [2.75, 3.05) is 11.9 Å². The summed E-state index contributed by atoms with van der Waals surface area (Å²) in [6.45, 7) is 0.232. The Balaban J connectivity index is 1.91. The highest BCUT2D eigenvalue weighted by Crippen LogP contribution is 2.27. The predicted octanol–water partition coefficient (Wildman–Crippen LogP) is 3.75. The van der Waals surface area contributed by atoms with Crippen LogP contribution in [-0.2, 0) is 4.79 Å². The molecule has 2 aromatic carbocycles. The maximum atomic E-state index is 12.2. The van der Waals surface area contributed by atoms with Crippen molar-refractivity contribution in [1.29, 1.82) is 0 Å². The Hall–Kier alpha value is -2.26. The van der Waals surface area contributed by atoms with Gasteiger partial charge in [-0.05, 0) is 35.9 Å². The Morgan fingerprint density at radius 1 is 1.15 bits per heavy atom. The van der Waals surface area contributed by atoms with E-state index in [9.17, 15) is 4.79 Å². The number of para-hydroxylation sites is 2. The Morgan fingerprint density at radius 3 is 2.85 bits per heavy atom. The van der Waals surface area contributed by atoms with E-state index in [2.05, 4.69) is 5.32 Å². The molecule has 4 heteroatoms. The van der Waals surface area contributed by atoms with Crippen LogP contribution in [0.5, 0.6) is 5.75 Å². The molecule has 0 aliphatic carbocycles. The van der Waals surface area contributed by atoms with Crippen LogP contribution in [0.15, 0.2) is 54.1 Å². The van der Waals surface area contributed by atoms with E-state index in [-0.39, 0.29) is 12.5 Å². The van der Waals surface area contributed by atoms with Gasteiger partial charge in [0.2, 0.25) is 0 Å². The van der Waals surface area contributed by atoms with Gasteiger partial charge in [-0.3, -0.25) is 4.79 Å². The number of ether oxygens (including phenoxy) is 1. The number of nitrogens with one attached hydrogen (secondary N) is 1. The smallest absolute Gasteiger partial charge is 0.255 e. The number of fused-ring (bicyclic) bond motifs is 1. The van der Waals surface area contributed by atoms with E-state index in [4.69, 9.17) is 16.3 Å². The fraction of sp³-hybridized carbons (Fsp3) is 0.0625. The molecule has 0 unspecified atom stereocenters. The fourth-order valence-electron chi connectivity index (χ4n) is 2.02. The minimum Gasteiger partial charge on any atom is -0.487 e. The SMILES string of the molecule is O=C1Nc2ccccc2OC/C1=C\c1cccc(Cl)c1. The molecule has 1 heterocycles. The average Bonchev–Trinajstić information content (AvgIpc) is 2.59. The third-order valence-electron chi connectivity index (χ3n) is 3.00. The fourth-order valence-corrected chi connectivity index (χ4v) is 2.22. The molecule has 0 atom stereocenters. The van der Waals surface area contributed by atoms with Crippen molar-refractivity contribution >= 4 is 29.3 Å². The van der Waals surface area contributed by atoms with Crippen LogP contribution in [0.25, 0.3) is 6.08 Å². The summed E-state index contributed by atoms with van der Waals surface area (Å²) in [5.74, 6) is 0.519. The van der Waals surface area contributed by atoms with Crippen molar-refractivity contribution in [3.8, 4) is 5.75 Å². The van der Waals surface area contributed by atoms with Gasteiger partial charge in [0.1, 0.15) is 12.4 Å². The van der Waals surface area contributed by atoms with Crippen molar-refractivity contribution in [3.63, 3.8) is 0 Å². The lowest BCUT2D eigenvalue weighted by atomic mass is 10.1. The number of hydrogen-bond donors (Lipinski definition) is 1. The van der Waals surface area contributed by atoms with Crippen molar-refractivity contribution < 1.29 is 9.53 Å². The second kappa shape index (κ2) is 5.39. The lowest BCUT2D eigenvalue weighted by molar-refractivity contribution is -0.112. The zero-order valence-corrected chi connectivity index (χ0v) is 11.4. The number of rotatable bonds is 1. The largest absolute Gasteiger partial charge is 0.487 e. The molecule has 0 aromatic heterocycles. The summed E-state index contributed by atoms with van der Waals surface area (Å²) < 4.78 is 5.65. The van der Waals surface area contributed by atoms with Crippen LogP contribution in [0.2, 0.25) is 5.02 Å². The lowest BCUT2D eigenvalue weighted by Gasteiger charge is -2.04. The summed E-state index contributed by atoms with van der Waals surface area (Å²) in [5, 5.41) is 3.48. The van der Waals surface area contributed by atoms with Gasteiger partial charge in [-0.25, -0.2) is 0 Å². The van der Waals surface area contributed by atoms with E-state index in [0.717, 1.165) is 5.56 Å². The van der Waals surface area contributed by atoms with Crippen LogP contribution in [-0.4, -0.2) is 12.5 Å². The molecule has 0 radical (unpaired) electrons. The van der Waals surface area contributed by atoms with E-state index in [1.165, 1.54) is 0 Å². The van der Waals surface area contributed by atoms with Gasteiger partial charge in [-0.15, -0.1) is 0 Å². The number of anilines is 1.